The van der Waals surface area contributed by atoms with Crippen molar-refractivity contribution in [2.75, 3.05) is 11.9 Å². The Labute approximate surface area is 218 Å². The summed E-state index contributed by atoms with van der Waals surface area (Å²) in [5, 5.41) is 4.49. The number of hydrogen-bond acceptors (Lipinski definition) is 5. The van der Waals surface area contributed by atoms with Crippen LogP contribution in [0.5, 0.6) is 17.2 Å². The molecule has 8 heteroatoms. The standard InChI is InChI=1S/C27H19BN4O2.Pt/c1-31-26-10-2-3-11-27(26)34-28(31)22-6-4-8-24(16-22)33-25-9-5-7-23(17-25)32-19-21(18-30-32)20-12-14-29-15-13-20;/h2-15,18-19H,1H3;/q-2;+2. The number of aromatic nitrogens is 3. The van der Waals surface area contributed by atoms with Crippen LogP contribution in [0, 0.1) is 12.1 Å². The van der Waals surface area contributed by atoms with Crippen LogP contribution in [0.25, 0.3) is 16.8 Å². The Morgan fingerprint density at radius 1 is 0.857 bits per heavy atom. The second-order valence-corrected chi connectivity index (χ2v) is 7.93. The van der Waals surface area contributed by atoms with Gasteiger partial charge in [-0.2, -0.15) is 23.3 Å². The molecular weight excluding hydrogens is 618 g/mol. The van der Waals surface area contributed by atoms with E-state index in [2.05, 4.69) is 27.0 Å². The van der Waals surface area contributed by atoms with Gasteiger partial charge < -0.3 is 14.2 Å². The molecule has 0 amide bonds. The normalized spacial score (nSPS) is 12.0. The minimum atomic E-state index is -0.257. The molecule has 6 nitrogen and oxygen atoms in total. The maximum atomic E-state index is 6.14. The fourth-order valence-electron chi connectivity index (χ4n) is 4.01. The Hall–Kier alpha value is -3.83. The molecule has 0 atom stereocenters. The van der Waals surface area contributed by atoms with E-state index in [9.17, 15) is 0 Å². The Balaban J connectivity index is 0.00000253. The number of fused-ring (bicyclic) bond motifs is 1. The molecule has 6 rings (SSSR count). The van der Waals surface area contributed by atoms with Crippen LogP contribution in [0.2, 0.25) is 0 Å². The van der Waals surface area contributed by atoms with E-state index in [1.54, 1.807) is 17.1 Å². The van der Waals surface area contributed by atoms with Crippen LogP contribution in [-0.4, -0.2) is 28.9 Å². The Morgan fingerprint density at radius 2 is 1.63 bits per heavy atom. The molecule has 3 aromatic carbocycles. The molecule has 35 heavy (non-hydrogen) atoms. The molecule has 0 unspecified atom stereocenters. The van der Waals surface area contributed by atoms with Crippen molar-refractivity contribution in [3.63, 3.8) is 0 Å². The minimum Gasteiger partial charge on any atom is -0.537 e. The SMILES string of the molecule is CN1B(c2[c-]c(Oc3[c-]c(-n4cc(-c5ccncc5)cn4)ccc3)ccc2)Oc2ccccc21.[Pt+2]. The number of nitrogens with zero attached hydrogens (tertiary/aromatic N) is 4. The van der Waals surface area contributed by atoms with E-state index < -0.39 is 0 Å². The molecular formula is C27H19BN4O2Pt. The van der Waals surface area contributed by atoms with E-state index in [0.717, 1.165) is 33.7 Å². The van der Waals surface area contributed by atoms with Crippen LogP contribution in [-0.2, 0) is 21.1 Å². The summed E-state index contributed by atoms with van der Waals surface area (Å²) < 4.78 is 14.0. The van der Waals surface area contributed by atoms with Crippen molar-refractivity contribution in [3.8, 4) is 34.1 Å². The average Bonchev–Trinajstić information content (AvgIpc) is 3.51. The fraction of sp³-hybridized carbons (Fsp3) is 0.0370. The van der Waals surface area contributed by atoms with Gasteiger partial charge in [0.05, 0.1) is 11.9 Å². The van der Waals surface area contributed by atoms with E-state index in [0.29, 0.717) is 11.5 Å². The molecule has 1 aliphatic heterocycles. The van der Waals surface area contributed by atoms with Gasteiger partial charge >= 0.3 is 28.1 Å². The van der Waals surface area contributed by atoms with Crippen LogP contribution in [0.3, 0.4) is 0 Å². The van der Waals surface area contributed by atoms with E-state index in [-0.39, 0.29) is 28.1 Å². The molecule has 0 N–H and O–H groups in total. The van der Waals surface area contributed by atoms with E-state index in [1.165, 1.54) is 0 Å². The maximum Gasteiger partial charge on any atom is 2.00 e. The van der Waals surface area contributed by atoms with Gasteiger partial charge in [-0.25, -0.2) is 0 Å². The first-order valence-corrected chi connectivity index (χ1v) is 10.9. The van der Waals surface area contributed by atoms with Gasteiger partial charge in [0, 0.05) is 35.7 Å². The zero-order valence-corrected chi connectivity index (χ0v) is 21.0. The van der Waals surface area contributed by atoms with Crippen molar-refractivity contribution in [3.05, 3.63) is 110 Å². The number of pyridine rings is 1. The summed E-state index contributed by atoms with van der Waals surface area (Å²) in [6.07, 6.45) is 7.32. The Kier molecular flexibility index (Phi) is 6.43. The largest absolute Gasteiger partial charge is 2.00 e. The third-order valence-corrected chi connectivity index (χ3v) is 5.71. The summed E-state index contributed by atoms with van der Waals surface area (Å²) in [6, 6.07) is 30.1. The van der Waals surface area contributed by atoms with Crippen molar-refractivity contribution in [1.29, 1.82) is 0 Å². The van der Waals surface area contributed by atoms with E-state index >= 15 is 0 Å². The zero-order valence-electron chi connectivity index (χ0n) is 18.7. The zero-order chi connectivity index (χ0) is 22.9. The number of ether oxygens (including phenoxy) is 1. The van der Waals surface area contributed by atoms with Crippen LogP contribution in [0.15, 0.2) is 97.6 Å². The summed E-state index contributed by atoms with van der Waals surface area (Å²) in [7, 11) is 1.76. The molecule has 2 aromatic heterocycles. The van der Waals surface area contributed by atoms with Crippen LogP contribution in [0.4, 0.5) is 5.69 Å². The van der Waals surface area contributed by atoms with Crippen LogP contribution >= 0.6 is 0 Å². The molecule has 172 valence electrons. The average molecular weight is 637 g/mol. The van der Waals surface area contributed by atoms with Gasteiger partial charge in [0.2, 0.25) is 0 Å². The number of rotatable bonds is 5. The topological polar surface area (TPSA) is 52.4 Å². The first kappa shape index (κ1) is 22.9. The molecule has 0 spiro atoms. The van der Waals surface area contributed by atoms with Crippen molar-refractivity contribution in [2.45, 2.75) is 0 Å². The first-order chi connectivity index (χ1) is 16.7. The second kappa shape index (κ2) is 9.81. The minimum absolute atomic E-state index is 0. The number of para-hydroxylation sites is 2. The van der Waals surface area contributed by atoms with Gasteiger partial charge in [0.15, 0.2) is 0 Å². The molecule has 0 saturated carbocycles. The third kappa shape index (κ3) is 4.60. The predicted molar refractivity (Wildman–Crippen MR) is 132 cm³/mol. The monoisotopic (exact) mass is 637 g/mol. The number of benzene rings is 3. The molecule has 3 heterocycles. The van der Waals surface area contributed by atoms with Crippen molar-refractivity contribution in [1.82, 2.24) is 14.8 Å². The van der Waals surface area contributed by atoms with Crippen molar-refractivity contribution >= 4 is 18.2 Å². The smallest absolute Gasteiger partial charge is 0.537 e. The summed E-state index contributed by atoms with van der Waals surface area (Å²) in [4.78, 5) is 6.16. The second-order valence-electron chi connectivity index (χ2n) is 7.93. The van der Waals surface area contributed by atoms with Crippen LogP contribution in [0.1, 0.15) is 0 Å². The van der Waals surface area contributed by atoms with Crippen molar-refractivity contribution < 1.29 is 30.5 Å². The summed E-state index contributed by atoms with van der Waals surface area (Å²) in [5.74, 6) is 2.04. The summed E-state index contributed by atoms with van der Waals surface area (Å²) in [5.41, 5.74) is 4.79. The van der Waals surface area contributed by atoms with E-state index in [1.807, 2.05) is 92.2 Å². The van der Waals surface area contributed by atoms with Gasteiger partial charge in [-0.05, 0) is 42.6 Å². The first-order valence-electron chi connectivity index (χ1n) is 10.9. The third-order valence-electron chi connectivity index (χ3n) is 5.71. The molecule has 0 saturated heterocycles. The molecule has 1 aliphatic rings. The van der Waals surface area contributed by atoms with Gasteiger partial charge in [-0.15, -0.1) is 35.8 Å². The molecule has 0 aliphatic carbocycles. The summed E-state index contributed by atoms with van der Waals surface area (Å²) >= 11 is 0. The van der Waals surface area contributed by atoms with Gasteiger partial charge in [0.1, 0.15) is 5.75 Å². The van der Waals surface area contributed by atoms with Crippen LogP contribution < -0.4 is 19.7 Å². The fourth-order valence-corrected chi connectivity index (χ4v) is 4.01. The van der Waals surface area contributed by atoms with Gasteiger partial charge in [-0.3, -0.25) is 9.67 Å². The molecule has 0 fully saturated rings. The maximum absolute atomic E-state index is 6.14. The summed E-state index contributed by atoms with van der Waals surface area (Å²) in [6.45, 7) is 0. The Bertz CT molecular complexity index is 1460. The van der Waals surface area contributed by atoms with E-state index in [4.69, 9.17) is 9.39 Å². The van der Waals surface area contributed by atoms with Gasteiger partial charge in [0.25, 0.3) is 0 Å². The number of hydrogen-bond donors (Lipinski definition) is 0. The molecule has 0 bridgehead atoms. The molecule has 0 radical (unpaired) electrons. The molecule has 5 aromatic rings. The Morgan fingerprint density at radius 3 is 2.46 bits per heavy atom. The number of anilines is 1. The van der Waals surface area contributed by atoms with Crippen molar-refractivity contribution in [2.24, 2.45) is 0 Å². The van der Waals surface area contributed by atoms with Gasteiger partial charge in [-0.1, -0.05) is 12.1 Å². The quantitative estimate of drug-likeness (QED) is 0.209. The predicted octanol–water partition coefficient (Wildman–Crippen LogP) is 4.55.